The number of nitro benzene ring substituents is 1. The van der Waals surface area contributed by atoms with E-state index >= 15 is 0 Å². The van der Waals surface area contributed by atoms with E-state index < -0.39 is 35.4 Å². The molecule has 2 aromatic rings. The van der Waals surface area contributed by atoms with Crippen molar-refractivity contribution in [1.82, 2.24) is 5.32 Å². The molecule has 0 spiro atoms. The average molecular weight is 421 g/mol. The first-order valence-corrected chi connectivity index (χ1v) is 8.56. The lowest BCUT2D eigenvalue weighted by Gasteiger charge is -2.25. The summed E-state index contributed by atoms with van der Waals surface area (Å²) in [6.45, 7) is -0.896. The SMILES string of the molecule is O=C(COC(=O)c1cc([N+](=O)[O-])ccc1Cl)NC(=O)[C@@H]1COc2ccccc2O1. The van der Waals surface area contributed by atoms with Gasteiger partial charge in [0.2, 0.25) is 6.10 Å². The predicted octanol–water partition coefficient (Wildman–Crippen LogP) is 1.89. The lowest BCUT2D eigenvalue weighted by molar-refractivity contribution is -0.384. The topological polar surface area (TPSA) is 134 Å². The van der Waals surface area contributed by atoms with E-state index in [1.807, 2.05) is 5.32 Å². The molecule has 0 saturated carbocycles. The highest BCUT2D eigenvalue weighted by molar-refractivity contribution is 6.33. The van der Waals surface area contributed by atoms with Crippen LogP contribution in [0, 0.1) is 10.1 Å². The summed E-state index contributed by atoms with van der Waals surface area (Å²) in [5.41, 5.74) is -0.642. The van der Waals surface area contributed by atoms with Crippen LogP contribution in [-0.2, 0) is 14.3 Å². The molecule has 10 nitrogen and oxygen atoms in total. The Morgan fingerprint density at radius 3 is 2.66 bits per heavy atom. The fraction of sp³-hybridized carbons (Fsp3) is 0.167. The van der Waals surface area contributed by atoms with Gasteiger partial charge in [-0.25, -0.2) is 4.79 Å². The molecule has 0 unspecified atom stereocenters. The molecule has 1 aliphatic heterocycles. The number of nitrogens with zero attached hydrogens (tertiary/aromatic N) is 1. The number of ether oxygens (including phenoxy) is 3. The zero-order valence-corrected chi connectivity index (χ0v) is 15.4. The number of fused-ring (bicyclic) bond motifs is 1. The lowest BCUT2D eigenvalue weighted by Crippen LogP contribution is -2.47. The number of hydrogen-bond acceptors (Lipinski definition) is 8. The van der Waals surface area contributed by atoms with Gasteiger partial charge in [0, 0.05) is 12.1 Å². The van der Waals surface area contributed by atoms with Crippen molar-refractivity contribution in [3.05, 3.63) is 63.2 Å². The van der Waals surface area contributed by atoms with Gasteiger partial charge in [-0.1, -0.05) is 23.7 Å². The Kier molecular flexibility index (Phi) is 5.93. The first-order chi connectivity index (χ1) is 13.8. The van der Waals surface area contributed by atoms with Gasteiger partial charge in [-0.2, -0.15) is 0 Å². The number of carbonyl (C=O) groups excluding carboxylic acids is 3. The number of benzene rings is 2. The smallest absolute Gasteiger partial charge is 0.340 e. The summed E-state index contributed by atoms with van der Waals surface area (Å²) in [5.74, 6) is -1.89. The molecule has 29 heavy (non-hydrogen) atoms. The van der Waals surface area contributed by atoms with Crippen molar-refractivity contribution in [2.75, 3.05) is 13.2 Å². The number of nitro groups is 1. The Morgan fingerprint density at radius 1 is 1.21 bits per heavy atom. The number of rotatable bonds is 5. The molecule has 2 aromatic carbocycles. The minimum atomic E-state index is -1.06. The van der Waals surface area contributed by atoms with Gasteiger partial charge in [-0.15, -0.1) is 0 Å². The van der Waals surface area contributed by atoms with Crippen molar-refractivity contribution in [2.24, 2.45) is 0 Å². The van der Waals surface area contributed by atoms with E-state index in [1.165, 1.54) is 0 Å². The van der Waals surface area contributed by atoms with Gasteiger partial charge in [0.1, 0.15) is 6.61 Å². The monoisotopic (exact) mass is 420 g/mol. The Morgan fingerprint density at radius 2 is 1.93 bits per heavy atom. The Hall–Kier alpha value is -3.66. The summed E-state index contributed by atoms with van der Waals surface area (Å²) >= 11 is 5.83. The molecule has 1 N–H and O–H groups in total. The normalized spacial score (nSPS) is 14.6. The van der Waals surface area contributed by atoms with Crippen molar-refractivity contribution in [3.63, 3.8) is 0 Å². The number of non-ortho nitro benzene ring substituents is 1. The molecule has 2 amide bonds. The van der Waals surface area contributed by atoms with E-state index in [-0.39, 0.29) is 22.9 Å². The fourth-order valence-electron chi connectivity index (χ4n) is 2.39. The maximum atomic E-state index is 12.1. The Labute approximate surface area is 168 Å². The molecule has 11 heteroatoms. The second kappa shape index (κ2) is 8.57. The number of imide groups is 1. The summed E-state index contributed by atoms with van der Waals surface area (Å²) < 4.78 is 15.6. The summed E-state index contributed by atoms with van der Waals surface area (Å²) in [7, 11) is 0. The predicted molar refractivity (Wildman–Crippen MR) is 97.9 cm³/mol. The van der Waals surface area contributed by atoms with Gasteiger partial charge in [0.05, 0.1) is 15.5 Å². The van der Waals surface area contributed by atoms with Crippen LogP contribution in [0.2, 0.25) is 5.02 Å². The van der Waals surface area contributed by atoms with Crippen LogP contribution in [0.3, 0.4) is 0 Å². The lowest BCUT2D eigenvalue weighted by atomic mass is 10.2. The highest BCUT2D eigenvalue weighted by Crippen LogP contribution is 2.30. The van der Waals surface area contributed by atoms with Crippen molar-refractivity contribution in [3.8, 4) is 11.5 Å². The van der Waals surface area contributed by atoms with Gasteiger partial charge < -0.3 is 14.2 Å². The number of nitrogens with one attached hydrogen (secondary N) is 1. The molecule has 1 aliphatic rings. The number of carbonyl (C=O) groups is 3. The maximum absolute atomic E-state index is 12.1. The van der Waals surface area contributed by atoms with E-state index in [1.54, 1.807) is 24.3 Å². The molecule has 1 atom stereocenters. The van der Waals surface area contributed by atoms with Crippen LogP contribution < -0.4 is 14.8 Å². The van der Waals surface area contributed by atoms with Gasteiger partial charge >= 0.3 is 5.97 Å². The average Bonchev–Trinajstić information content (AvgIpc) is 2.71. The van der Waals surface area contributed by atoms with Crippen LogP contribution in [-0.4, -0.2) is 42.0 Å². The van der Waals surface area contributed by atoms with Gasteiger partial charge in [0.25, 0.3) is 17.5 Å². The summed E-state index contributed by atoms with van der Waals surface area (Å²) in [6.07, 6.45) is -1.06. The van der Waals surface area contributed by atoms with Crippen LogP contribution in [0.5, 0.6) is 11.5 Å². The molecule has 0 aromatic heterocycles. The molecule has 0 fully saturated rings. The van der Waals surface area contributed by atoms with Crippen molar-refractivity contribution in [1.29, 1.82) is 0 Å². The molecule has 0 aliphatic carbocycles. The van der Waals surface area contributed by atoms with Crippen LogP contribution in [0.15, 0.2) is 42.5 Å². The molecule has 3 rings (SSSR count). The largest absolute Gasteiger partial charge is 0.485 e. The molecule has 0 radical (unpaired) electrons. The number of halogens is 1. The molecule has 0 saturated heterocycles. The molecule has 0 bridgehead atoms. The third-order valence-electron chi connectivity index (χ3n) is 3.78. The molecular formula is C18H13ClN2O8. The van der Waals surface area contributed by atoms with Crippen LogP contribution in [0.1, 0.15) is 10.4 Å². The first-order valence-electron chi connectivity index (χ1n) is 8.18. The maximum Gasteiger partial charge on any atom is 0.340 e. The molecular weight excluding hydrogens is 408 g/mol. The van der Waals surface area contributed by atoms with E-state index in [4.69, 9.17) is 25.8 Å². The fourth-order valence-corrected chi connectivity index (χ4v) is 2.59. The number of esters is 1. The first kappa shape index (κ1) is 20.1. The summed E-state index contributed by atoms with van der Waals surface area (Å²) in [6, 6.07) is 9.94. The number of para-hydroxylation sites is 2. The number of hydrogen-bond donors (Lipinski definition) is 1. The minimum absolute atomic E-state index is 0.0801. The van der Waals surface area contributed by atoms with E-state index in [0.717, 1.165) is 18.2 Å². The van der Waals surface area contributed by atoms with Crippen LogP contribution in [0.4, 0.5) is 5.69 Å². The minimum Gasteiger partial charge on any atom is -0.485 e. The summed E-state index contributed by atoms with van der Waals surface area (Å²) in [5, 5.41) is 12.7. The van der Waals surface area contributed by atoms with Crippen LogP contribution >= 0.6 is 11.6 Å². The highest BCUT2D eigenvalue weighted by atomic mass is 35.5. The van der Waals surface area contributed by atoms with Gasteiger partial charge in [0.15, 0.2) is 18.1 Å². The van der Waals surface area contributed by atoms with Crippen molar-refractivity contribution < 1.29 is 33.5 Å². The standard InChI is InChI=1S/C18H13ClN2O8/c19-12-6-5-10(21(25)26)7-11(12)18(24)28-9-16(22)20-17(23)15-8-27-13-3-1-2-4-14(13)29-15/h1-7,15H,8-9H2,(H,20,22,23)/t15-/m0/s1. The van der Waals surface area contributed by atoms with Crippen molar-refractivity contribution in [2.45, 2.75) is 6.10 Å². The van der Waals surface area contributed by atoms with E-state index in [2.05, 4.69) is 0 Å². The zero-order valence-electron chi connectivity index (χ0n) is 14.6. The zero-order chi connectivity index (χ0) is 21.0. The quantitative estimate of drug-likeness (QED) is 0.440. The third kappa shape index (κ3) is 4.79. The summed E-state index contributed by atoms with van der Waals surface area (Å²) in [4.78, 5) is 46.1. The molecule has 1 heterocycles. The Bertz CT molecular complexity index is 994. The van der Waals surface area contributed by atoms with Gasteiger partial charge in [-0.3, -0.25) is 25.0 Å². The second-order valence-corrected chi connectivity index (χ2v) is 6.18. The third-order valence-corrected chi connectivity index (χ3v) is 4.11. The van der Waals surface area contributed by atoms with Gasteiger partial charge in [-0.05, 0) is 18.2 Å². The molecule has 150 valence electrons. The Balaban J connectivity index is 1.54. The van der Waals surface area contributed by atoms with Crippen LogP contribution in [0.25, 0.3) is 0 Å². The number of amides is 2. The van der Waals surface area contributed by atoms with E-state index in [0.29, 0.717) is 11.5 Å². The van der Waals surface area contributed by atoms with Crippen molar-refractivity contribution >= 4 is 35.1 Å². The highest BCUT2D eigenvalue weighted by Gasteiger charge is 2.28. The van der Waals surface area contributed by atoms with E-state index in [9.17, 15) is 24.5 Å². The second-order valence-electron chi connectivity index (χ2n) is 5.77.